The first-order valence-corrected chi connectivity index (χ1v) is 19.9. The van der Waals surface area contributed by atoms with Crippen LogP contribution < -0.4 is 5.73 Å². The Bertz CT molecular complexity index is 3130. The van der Waals surface area contributed by atoms with Gasteiger partial charge in [0.25, 0.3) is 0 Å². The number of aromatic nitrogens is 1. The Morgan fingerprint density at radius 1 is 0.724 bits per heavy atom. The molecule has 1 heterocycles. The van der Waals surface area contributed by atoms with Crippen molar-refractivity contribution >= 4 is 71.5 Å². The highest BCUT2D eigenvalue weighted by atomic mass is 15.0. The van der Waals surface area contributed by atoms with E-state index in [4.69, 9.17) is 15.7 Å². The van der Waals surface area contributed by atoms with E-state index in [9.17, 15) is 0 Å². The summed E-state index contributed by atoms with van der Waals surface area (Å²) in [6.45, 7) is 8.57. The Balaban J connectivity index is 1.21. The summed E-state index contributed by atoms with van der Waals surface area (Å²) >= 11 is 0. The number of aliphatic imine (C=N–C) groups is 2. The summed E-state index contributed by atoms with van der Waals surface area (Å²) in [5, 5.41) is 9.82. The number of hydrogen-bond acceptors (Lipinski definition) is 1. The van der Waals surface area contributed by atoms with Crippen molar-refractivity contribution < 1.29 is 0 Å². The molecule has 1 aliphatic rings. The lowest BCUT2D eigenvalue weighted by Gasteiger charge is -2.16. The van der Waals surface area contributed by atoms with E-state index in [1.54, 1.807) is 6.08 Å². The molecule has 1 aliphatic carbocycles. The van der Waals surface area contributed by atoms with E-state index >= 15 is 0 Å². The second-order valence-electron chi connectivity index (χ2n) is 14.8. The summed E-state index contributed by atoms with van der Waals surface area (Å²) in [7, 11) is 0. The van der Waals surface area contributed by atoms with Crippen molar-refractivity contribution in [3.05, 3.63) is 211 Å². The maximum atomic E-state index is 6.52. The molecule has 1 atom stereocenters. The molecule has 0 spiro atoms. The summed E-state index contributed by atoms with van der Waals surface area (Å²) in [6.07, 6.45) is 18.7. The van der Waals surface area contributed by atoms with Crippen LogP contribution in [0.5, 0.6) is 0 Å². The minimum absolute atomic E-state index is 0.367. The third-order valence-corrected chi connectivity index (χ3v) is 11.1. The van der Waals surface area contributed by atoms with Crippen LogP contribution in [0, 0.1) is 5.92 Å². The maximum absolute atomic E-state index is 6.52. The Labute approximate surface area is 339 Å². The largest absolute Gasteiger partial charge is 0.383 e. The van der Waals surface area contributed by atoms with Crippen LogP contribution in [0.3, 0.4) is 0 Å². The van der Waals surface area contributed by atoms with Gasteiger partial charge < -0.3 is 10.3 Å². The summed E-state index contributed by atoms with van der Waals surface area (Å²) in [4.78, 5) is 9.90. The van der Waals surface area contributed by atoms with E-state index in [1.165, 1.54) is 65.3 Å². The molecule has 1 aromatic heterocycles. The van der Waals surface area contributed by atoms with Crippen LogP contribution in [0.15, 0.2) is 210 Å². The lowest BCUT2D eigenvalue weighted by molar-refractivity contribution is 0.942. The predicted molar refractivity (Wildman–Crippen MR) is 251 cm³/mol. The molecule has 0 bridgehead atoms. The average Bonchev–Trinajstić information content (AvgIpc) is 3.44. The van der Waals surface area contributed by atoms with Gasteiger partial charge in [0.1, 0.15) is 5.84 Å². The zero-order chi connectivity index (χ0) is 39.6. The summed E-state index contributed by atoms with van der Waals surface area (Å²) in [5.41, 5.74) is 15.2. The van der Waals surface area contributed by atoms with Gasteiger partial charge in [-0.15, -0.1) is 0 Å². The lowest BCUT2D eigenvalue weighted by Crippen LogP contribution is -2.16. The fourth-order valence-corrected chi connectivity index (χ4v) is 8.24. The second-order valence-corrected chi connectivity index (χ2v) is 14.8. The summed E-state index contributed by atoms with van der Waals surface area (Å²) in [6, 6.07) is 48.0. The first kappa shape index (κ1) is 36.3. The molecule has 0 radical (unpaired) electrons. The van der Waals surface area contributed by atoms with Crippen molar-refractivity contribution in [1.82, 2.24) is 4.57 Å². The van der Waals surface area contributed by atoms with Crippen LogP contribution in [0.2, 0.25) is 0 Å². The van der Waals surface area contributed by atoms with Gasteiger partial charge in [-0.2, -0.15) is 0 Å². The van der Waals surface area contributed by atoms with Crippen LogP contribution in [0.4, 0.5) is 0 Å². The molecule has 58 heavy (non-hydrogen) atoms. The Hall–Kier alpha value is -7.30. The van der Waals surface area contributed by atoms with Crippen LogP contribution in [0.25, 0.3) is 70.9 Å². The first-order chi connectivity index (χ1) is 28.5. The van der Waals surface area contributed by atoms with Gasteiger partial charge in [-0.05, 0) is 92.2 Å². The number of benzene rings is 7. The number of amidine groups is 2. The van der Waals surface area contributed by atoms with Gasteiger partial charge in [0.15, 0.2) is 5.84 Å². The van der Waals surface area contributed by atoms with Crippen LogP contribution in [-0.2, 0) is 6.54 Å². The summed E-state index contributed by atoms with van der Waals surface area (Å²) < 4.78 is 2.41. The smallest absolute Gasteiger partial charge is 0.157 e. The van der Waals surface area contributed by atoms with Crippen LogP contribution in [-0.4, -0.2) is 16.2 Å². The highest BCUT2D eigenvalue weighted by Gasteiger charge is 2.17. The van der Waals surface area contributed by atoms with Crippen molar-refractivity contribution in [3.63, 3.8) is 0 Å². The van der Waals surface area contributed by atoms with Gasteiger partial charge in [0.2, 0.25) is 0 Å². The second kappa shape index (κ2) is 15.7. The third kappa shape index (κ3) is 6.69. The first-order valence-electron chi connectivity index (χ1n) is 19.9. The zero-order valence-corrected chi connectivity index (χ0v) is 32.8. The number of nitrogens with two attached hydrogens (primary N) is 1. The average molecular weight is 749 g/mol. The standard InChI is InChI=1S/C54H44N4/c1-4-6-17-38(5-2)53(55)57-54(39-18-8-7-9-19-39)56-35-37-28-31-48-49(33-37)44-22-11-10-21-43(44)47-25-15-24-42(52(47)48)40-29-32-46-45-23-12-13-26-50(45)58(51(46)34-40)41-20-14-16-36(3)27-30-41/h4-34,36H,2,35H2,1,3H3,(H2,55,56,57)/b6-4-,38-17+. The molecule has 0 saturated heterocycles. The SMILES string of the molecule is C=C/C(=C\C=C/C)C(N)=NC(=NCc1ccc2c(c1)c1ccccc1c1cccc(-c3ccc4c5ccccc5n(C5=CC=CC(C)C=C5)c4c3)c12)c1ccccc1. The summed E-state index contributed by atoms with van der Waals surface area (Å²) in [5.74, 6) is 1.32. The minimum Gasteiger partial charge on any atom is -0.383 e. The fraction of sp³-hybridized carbons (Fsp3) is 0.0741. The Morgan fingerprint density at radius 3 is 2.24 bits per heavy atom. The zero-order valence-electron chi connectivity index (χ0n) is 32.8. The molecule has 280 valence electrons. The van der Waals surface area contributed by atoms with Gasteiger partial charge in [-0.3, -0.25) is 4.99 Å². The molecule has 4 nitrogen and oxygen atoms in total. The van der Waals surface area contributed by atoms with E-state index in [2.05, 4.69) is 152 Å². The van der Waals surface area contributed by atoms with Gasteiger partial charge in [0, 0.05) is 27.6 Å². The molecule has 9 rings (SSSR count). The van der Waals surface area contributed by atoms with E-state index in [0.717, 1.165) is 22.4 Å². The quantitative estimate of drug-likeness (QED) is 0.0715. The van der Waals surface area contributed by atoms with Crippen molar-refractivity contribution in [2.24, 2.45) is 21.6 Å². The normalized spacial score (nSPS) is 15.3. The molecule has 1 unspecified atom stereocenters. The Morgan fingerprint density at radius 2 is 1.43 bits per heavy atom. The number of para-hydroxylation sites is 1. The molecule has 7 aromatic carbocycles. The molecule has 0 saturated carbocycles. The van der Waals surface area contributed by atoms with Gasteiger partial charge in [0.05, 0.1) is 17.6 Å². The van der Waals surface area contributed by atoms with E-state index in [1.807, 2.05) is 55.5 Å². The third-order valence-electron chi connectivity index (χ3n) is 11.1. The van der Waals surface area contributed by atoms with Gasteiger partial charge in [-0.25, -0.2) is 4.99 Å². The highest BCUT2D eigenvalue weighted by Crippen LogP contribution is 2.42. The molecule has 4 heteroatoms. The van der Waals surface area contributed by atoms with E-state index in [0.29, 0.717) is 24.1 Å². The van der Waals surface area contributed by atoms with Crippen molar-refractivity contribution in [3.8, 4) is 11.1 Å². The number of fused-ring (bicyclic) bond motifs is 9. The maximum Gasteiger partial charge on any atom is 0.157 e. The number of hydrogen-bond donors (Lipinski definition) is 1. The van der Waals surface area contributed by atoms with Crippen LogP contribution in [0.1, 0.15) is 25.0 Å². The number of rotatable bonds is 8. The van der Waals surface area contributed by atoms with Crippen molar-refractivity contribution in [2.75, 3.05) is 0 Å². The number of allylic oxidation sites excluding steroid dienone is 9. The van der Waals surface area contributed by atoms with Crippen molar-refractivity contribution in [1.29, 1.82) is 0 Å². The molecule has 0 aliphatic heterocycles. The van der Waals surface area contributed by atoms with Crippen molar-refractivity contribution in [2.45, 2.75) is 20.4 Å². The minimum atomic E-state index is 0.367. The topological polar surface area (TPSA) is 55.7 Å². The Kier molecular flexibility index (Phi) is 9.83. The van der Waals surface area contributed by atoms with Gasteiger partial charge >= 0.3 is 0 Å². The molecular weight excluding hydrogens is 705 g/mol. The predicted octanol–water partition coefficient (Wildman–Crippen LogP) is 13.5. The molecular formula is C54H44N4. The van der Waals surface area contributed by atoms with Crippen LogP contribution >= 0.6 is 0 Å². The molecule has 0 fully saturated rings. The monoisotopic (exact) mass is 748 g/mol. The molecule has 2 N–H and O–H groups in total. The fourth-order valence-electron chi connectivity index (χ4n) is 8.24. The molecule has 0 amide bonds. The number of nitrogens with zero attached hydrogens (tertiary/aromatic N) is 3. The highest BCUT2D eigenvalue weighted by molar-refractivity contribution is 6.28. The van der Waals surface area contributed by atoms with Gasteiger partial charge in [-0.1, -0.05) is 171 Å². The molecule has 8 aromatic rings. The van der Waals surface area contributed by atoms with E-state index < -0.39 is 0 Å². The lowest BCUT2D eigenvalue weighted by atomic mass is 9.88. The van der Waals surface area contributed by atoms with E-state index in [-0.39, 0.29) is 0 Å².